The minimum atomic E-state index is -0.731. The van der Waals surface area contributed by atoms with Gasteiger partial charge in [-0.05, 0) is 52.6 Å². The topological polar surface area (TPSA) is 61.8 Å². The fourth-order valence-corrected chi connectivity index (χ4v) is 3.58. The second-order valence-electron chi connectivity index (χ2n) is 6.26. The van der Waals surface area contributed by atoms with E-state index in [4.69, 9.17) is 4.74 Å². The number of likely N-dealkylation sites (N-methyl/N-ethyl adjacent to an activating group) is 1. The second kappa shape index (κ2) is 5.38. The molecule has 0 amide bonds. The molecule has 110 valence electrons. The van der Waals surface area contributed by atoms with Crippen LogP contribution in [0.3, 0.4) is 0 Å². The van der Waals surface area contributed by atoms with E-state index in [1.165, 1.54) is 0 Å². The van der Waals surface area contributed by atoms with Crippen molar-refractivity contribution < 1.29 is 14.6 Å². The average Bonchev–Trinajstić information content (AvgIpc) is 2.85. The number of aliphatic carboxylic acids is 1. The minimum Gasteiger partial charge on any atom is -0.480 e. The molecule has 19 heavy (non-hydrogen) atoms. The Kier molecular flexibility index (Phi) is 4.18. The molecular formula is C14H26N2O3. The molecule has 1 aliphatic heterocycles. The molecule has 1 saturated heterocycles. The number of rotatable bonds is 4. The van der Waals surface area contributed by atoms with Gasteiger partial charge in [0.1, 0.15) is 5.54 Å². The summed E-state index contributed by atoms with van der Waals surface area (Å²) in [5.74, 6) is -0.719. The lowest BCUT2D eigenvalue weighted by Crippen LogP contribution is -2.53. The number of hydrogen-bond acceptors (Lipinski definition) is 4. The monoisotopic (exact) mass is 270 g/mol. The van der Waals surface area contributed by atoms with E-state index < -0.39 is 11.5 Å². The van der Waals surface area contributed by atoms with Gasteiger partial charge in [0.15, 0.2) is 0 Å². The molecule has 2 fully saturated rings. The predicted octanol–water partition coefficient (Wildman–Crippen LogP) is 1.08. The van der Waals surface area contributed by atoms with Gasteiger partial charge in [-0.3, -0.25) is 9.69 Å². The van der Waals surface area contributed by atoms with Gasteiger partial charge in [-0.25, -0.2) is 0 Å². The Morgan fingerprint density at radius 3 is 2.74 bits per heavy atom. The highest BCUT2D eigenvalue weighted by Crippen LogP contribution is 2.36. The summed E-state index contributed by atoms with van der Waals surface area (Å²) in [5.41, 5.74) is -0.808. The van der Waals surface area contributed by atoms with Gasteiger partial charge < -0.3 is 15.2 Å². The Morgan fingerprint density at radius 1 is 1.47 bits per heavy atom. The molecule has 5 nitrogen and oxygen atoms in total. The maximum absolute atomic E-state index is 11.5. The van der Waals surface area contributed by atoms with Gasteiger partial charge in [-0.1, -0.05) is 0 Å². The van der Waals surface area contributed by atoms with Gasteiger partial charge in [-0.2, -0.15) is 0 Å². The van der Waals surface area contributed by atoms with Crippen molar-refractivity contribution >= 4 is 5.97 Å². The molecule has 2 N–H and O–H groups in total. The first kappa shape index (κ1) is 14.8. The van der Waals surface area contributed by atoms with Crippen LogP contribution < -0.4 is 5.32 Å². The number of carbonyl (C=O) groups is 1. The average molecular weight is 270 g/mol. The van der Waals surface area contributed by atoms with E-state index in [0.29, 0.717) is 18.9 Å². The molecule has 0 bridgehead atoms. The van der Waals surface area contributed by atoms with Crippen LogP contribution in [0.25, 0.3) is 0 Å². The Balaban J connectivity index is 2.02. The van der Waals surface area contributed by atoms with Crippen LogP contribution in [0.2, 0.25) is 0 Å². The van der Waals surface area contributed by atoms with Crippen molar-refractivity contribution in [1.82, 2.24) is 10.2 Å². The largest absolute Gasteiger partial charge is 0.480 e. The summed E-state index contributed by atoms with van der Waals surface area (Å²) in [4.78, 5) is 13.9. The summed E-state index contributed by atoms with van der Waals surface area (Å²) in [6.45, 7) is 4.12. The van der Waals surface area contributed by atoms with Gasteiger partial charge in [0.2, 0.25) is 0 Å². The molecule has 3 unspecified atom stereocenters. The molecule has 0 radical (unpaired) electrons. The summed E-state index contributed by atoms with van der Waals surface area (Å²) in [6, 6.07) is 0.360. The first-order chi connectivity index (χ1) is 8.95. The number of nitrogens with one attached hydrogen (secondary N) is 1. The Morgan fingerprint density at radius 2 is 2.21 bits per heavy atom. The highest BCUT2D eigenvalue weighted by molar-refractivity contribution is 5.79. The van der Waals surface area contributed by atoms with E-state index in [9.17, 15) is 9.90 Å². The van der Waals surface area contributed by atoms with Crippen LogP contribution in [-0.2, 0) is 9.53 Å². The summed E-state index contributed by atoms with van der Waals surface area (Å²) in [5, 5.41) is 12.4. The van der Waals surface area contributed by atoms with Gasteiger partial charge in [0.25, 0.3) is 0 Å². The lowest BCUT2D eigenvalue weighted by Gasteiger charge is -2.42. The van der Waals surface area contributed by atoms with Crippen LogP contribution in [0, 0.1) is 0 Å². The Bertz CT molecular complexity index is 350. The second-order valence-corrected chi connectivity index (χ2v) is 6.26. The van der Waals surface area contributed by atoms with Crippen molar-refractivity contribution in [2.45, 2.75) is 56.2 Å². The standard InChI is InChI=1S/C14H26N2O3/c1-13(19-3)6-4-8-16(10-13)11-5-7-14(9-11,15-2)12(17)18/h11,15H,4-10H2,1-3H3,(H,17,18). The maximum Gasteiger partial charge on any atom is 0.323 e. The number of nitrogens with zero attached hydrogens (tertiary/aromatic N) is 1. The van der Waals surface area contributed by atoms with Crippen LogP contribution in [0.5, 0.6) is 0 Å². The van der Waals surface area contributed by atoms with Crippen molar-refractivity contribution in [1.29, 1.82) is 0 Å². The zero-order chi connectivity index (χ0) is 14.1. The van der Waals surface area contributed by atoms with Crippen molar-refractivity contribution in [2.75, 3.05) is 27.2 Å². The van der Waals surface area contributed by atoms with Crippen molar-refractivity contribution in [3.63, 3.8) is 0 Å². The van der Waals surface area contributed by atoms with Gasteiger partial charge in [0, 0.05) is 19.7 Å². The number of piperidine rings is 1. The fraction of sp³-hybridized carbons (Fsp3) is 0.929. The minimum absolute atomic E-state index is 0.0770. The molecule has 1 aliphatic carbocycles. The highest BCUT2D eigenvalue weighted by atomic mass is 16.5. The lowest BCUT2D eigenvalue weighted by atomic mass is 9.92. The van der Waals surface area contributed by atoms with Crippen LogP contribution in [0.15, 0.2) is 0 Å². The number of carboxylic acid groups (broad SMARTS) is 1. The lowest BCUT2D eigenvalue weighted by molar-refractivity contribution is -0.144. The number of hydrogen-bond donors (Lipinski definition) is 2. The first-order valence-electron chi connectivity index (χ1n) is 7.16. The van der Waals surface area contributed by atoms with Gasteiger partial charge >= 0.3 is 5.97 Å². The number of likely N-dealkylation sites (tertiary alicyclic amines) is 1. The molecule has 1 heterocycles. The fourth-order valence-electron chi connectivity index (χ4n) is 3.58. The summed E-state index contributed by atoms with van der Waals surface area (Å²) >= 11 is 0. The summed E-state index contributed by atoms with van der Waals surface area (Å²) < 4.78 is 5.62. The van der Waals surface area contributed by atoms with E-state index in [-0.39, 0.29) is 5.60 Å². The molecule has 0 aromatic carbocycles. The summed E-state index contributed by atoms with van der Waals surface area (Å²) in [6.07, 6.45) is 4.57. The molecule has 1 saturated carbocycles. The summed E-state index contributed by atoms with van der Waals surface area (Å²) in [7, 11) is 3.53. The van der Waals surface area contributed by atoms with E-state index in [2.05, 4.69) is 17.1 Å². The maximum atomic E-state index is 11.5. The van der Waals surface area contributed by atoms with Gasteiger partial charge in [-0.15, -0.1) is 0 Å². The Hall–Kier alpha value is -0.650. The third-order valence-electron chi connectivity index (χ3n) is 5.07. The van der Waals surface area contributed by atoms with Crippen LogP contribution in [-0.4, -0.2) is 60.4 Å². The molecular weight excluding hydrogens is 244 g/mol. The molecule has 5 heteroatoms. The van der Waals surface area contributed by atoms with Crippen molar-refractivity contribution in [3.05, 3.63) is 0 Å². The number of methoxy groups -OCH3 is 1. The Labute approximate surface area is 115 Å². The smallest absolute Gasteiger partial charge is 0.323 e. The van der Waals surface area contributed by atoms with Crippen LogP contribution >= 0.6 is 0 Å². The molecule has 2 aliphatic rings. The highest BCUT2D eigenvalue weighted by Gasteiger charge is 2.47. The third kappa shape index (κ3) is 2.78. The third-order valence-corrected chi connectivity index (χ3v) is 5.07. The molecule has 0 aromatic heterocycles. The number of carboxylic acids is 1. The van der Waals surface area contributed by atoms with E-state index in [0.717, 1.165) is 32.4 Å². The van der Waals surface area contributed by atoms with Crippen molar-refractivity contribution in [3.8, 4) is 0 Å². The first-order valence-corrected chi connectivity index (χ1v) is 7.16. The molecule has 0 spiro atoms. The zero-order valence-corrected chi connectivity index (χ0v) is 12.2. The predicted molar refractivity (Wildman–Crippen MR) is 73.3 cm³/mol. The molecule has 2 rings (SSSR count). The van der Waals surface area contributed by atoms with E-state index >= 15 is 0 Å². The van der Waals surface area contributed by atoms with E-state index in [1.54, 1.807) is 14.2 Å². The number of ether oxygens (including phenoxy) is 1. The SMILES string of the molecule is CNC1(C(=O)O)CCC(N2CCCC(C)(OC)C2)C1. The molecule has 0 aromatic rings. The van der Waals surface area contributed by atoms with Crippen LogP contribution in [0.1, 0.15) is 39.0 Å². The van der Waals surface area contributed by atoms with Crippen molar-refractivity contribution in [2.24, 2.45) is 0 Å². The quantitative estimate of drug-likeness (QED) is 0.800. The zero-order valence-electron chi connectivity index (χ0n) is 12.2. The van der Waals surface area contributed by atoms with E-state index in [1.807, 2.05) is 0 Å². The normalized spacial score (nSPS) is 40.5. The molecule has 3 atom stereocenters. The van der Waals surface area contributed by atoms with Crippen LogP contribution in [0.4, 0.5) is 0 Å². The van der Waals surface area contributed by atoms with Gasteiger partial charge in [0.05, 0.1) is 5.60 Å².